The topological polar surface area (TPSA) is 43.8 Å². The third kappa shape index (κ3) is 2.27. The van der Waals surface area contributed by atoms with Gasteiger partial charge in [-0.05, 0) is 25.2 Å². The zero-order chi connectivity index (χ0) is 12.5. The molecule has 1 aromatic heterocycles. The van der Waals surface area contributed by atoms with Gasteiger partial charge in [-0.2, -0.15) is 0 Å². The van der Waals surface area contributed by atoms with Crippen molar-refractivity contribution in [2.45, 2.75) is 70.8 Å². The van der Waals surface area contributed by atoms with E-state index in [1.54, 1.807) is 0 Å². The molecule has 2 aliphatic carbocycles. The van der Waals surface area contributed by atoms with E-state index >= 15 is 0 Å². The van der Waals surface area contributed by atoms with E-state index in [0.29, 0.717) is 6.04 Å². The molecule has 0 aromatic carbocycles. The smallest absolute Gasteiger partial charge is 0.127 e. The molecule has 0 bridgehead atoms. The lowest BCUT2D eigenvalue weighted by Crippen LogP contribution is -2.11. The molecule has 1 heterocycles. The Labute approximate surface area is 110 Å². The van der Waals surface area contributed by atoms with Crippen LogP contribution < -0.4 is 5.73 Å². The maximum atomic E-state index is 6.34. The van der Waals surface area contributed by atoms with E-state index in [0.717, 1.165) is 24.6 Å². The van der Waals surface area contributed by atoms with Gasteiger partial charge in [0.25, 0.3) is 0 Å². The Balaban J connectivity index is 1.78. The van der Waals surface area contributed by atoms with Crippen molar-refractivity contribution in [3.8, 4) is 0 Å². The number of nitrogens with two attached hydrogens (primary N) is 1. The predicted molar refractivity (Wildman–Crippen MR) is 74.6 cm³/mol. The molecule has 2 fully saturated rings. The summed E-state index contributed by atoms with van der Waals surface area (Å²) in [5.41, 5.74) is 7.52. The molecule has 1 aromatic rings. The number of rotatable bonds is 4. The zero-order valence-corrected chi connectivity index (χ0v) is 11.5. The molecule has 18 heavy (non-hydrogen) atoms. The molecule has 2 N–H and O–H groups in total. The number of aromatic nitrogens is 2. The number of aryl methyl sites for hydroxylation is 1. The molecule has 3 nitrogen and oxygen atoms in total. The highest BCUT2D eigenvalue weighted by Gasteiger charge is 2.29. The third-order valence-corrected chi connectivity index (χ3v) is 4.53. The van der Waals surface area contributed by atoms with E-state index in [1.807, 2.05) is 0 Å². The molecule has 0 aliphatic heterocycles. The molecular formula is C15H25N3. The first-order chi connectivity index (χ1) is 8.79. The summed E-state index contributed by atoms with van der Waals surface area (Å²) < 4.78 is 2.32. The lowest BCUT2D eigenvalue weighted by atomic mass is 9.86. The molecule has 3 rings (SSSR count). The average Bonchev–Trinajstić information content (AvgIpc) is 3.18. The Morgan fingerprint density at radius 3 is 2.50 bits per heavy atom. The first-order valence-corrected chi connectivity index (χ1v) is 7.65. The SMILES string of the molecule is CCc1nc(CC2CCCCC2)c(N)n1C1CC1. The first kappa shape index (κ1) is 12.1. The zero-order valence-electron chi connectivity index (χ0n) is 11.5. The fourth-order valence-corrected chi connectivity index (χ4v) is 3.35. The van der Waals surface area contributed by atoms with Gasteiger partial charge in [0, 0.05) is 12.5 Å². The van der Waals surface area contributed by atoms with Gasteiger partial charge in [0.15, 0.2) is 0 Å². The van der Waals surface area contributed by atoms with Crippen LogP contribution in [0, 0.1) is 5.92 Å². The molecule has 2 saturated carbocycles. The Bertz CT molecular complexity index is 412. The van der Waals surface area contributed by atoms with Gasteiger partial charge in [0.2, 0.25) is 0 Å². The van der Waals surface area contributed by atoms with Crippen LogP contribution in [0.25, 0.3) is 0 Å². The van der Waals surface area contributed by atoms with Crippen LogP contribution in [0.15, 0.2) is 0 Å². The van der Waals surface area contributed by atoms with Crippen LogP contribution in [-0.2, 0) is 12.8 Å². The quantitative estimate of drug-likeness (QED) is 0.885. The monoisotopic (exact) mass is 247 g/mol. The highest BCUT2D eigenvalue weighted by atomic mass is 15.2. The second kappa shape index (κ2) is 4.94. The van der Waals surface area contributed by atoms with Crippen LogP contribution in [0.3, 0.4) is 0 Å². The molecule has 0 saturated heterocycles. The van der Waals surface area contributed by atoms with E-state index in [1.165, 1.54) is 56.5 Å². The molecule has 0 amide bonds. The van der Waals surface area contributed by atoms with Crippen LogP contribution in [0.4, 0.5) is 5.82 Å². The van der Waals surface area contributed by atoms with Gasteiger partial charge >= 0.3 is 0 Å². The van der Waals surface area contributed by atoms with Crippen molar-refractivity contribution in [3.05, 3.63) is 11.5 Å². The summed E-state index contributed by atoms with van der Waals surface area (Å²) in [6.07, 6.45) is 11.6. The summed E-state index contributed by atoms with van der Waals surface area (Å²) in [6.45, 7) is 2.19. The summed E-state index contributed by atoms with van der Waals surface area (Å²) in [5.74, 6) is 3.01. The number of hydrogen-bond donors (Lipinski definition) is 1. The minimum Gasteiger partial charge on any atom is -0.384 e. The van der Waals surface area contributed by atoms with Crippen LogP contribution >= 0.6 is 0 Å². The lowest BCUT2D eigenvalue weighted by Gasteiger charge is -2.20. The number of nitrogen functional groups attached to an aromatic ring is 1. The van der Waals surface area contributed by atoms with Gasteiger partial charge in [-0.25, -0.2) is 4.98 Å². The number of imidazole rings is 1. The largest absolute Gasteiger partial charge is 0.384 e. The van der Waals surface area contributed by atoms with Crippen LogP contribution in [0.2, 0.25) is 0 Å². The van der Waals surface area contributed by atoms with Gasteiger partial charge in [0.1, 0.15) is 11.6 Å². The van der Waals surface area contributed by atoms with E-state index in [-0.39, 0.29) is 0 Å². The lowest BCUT2D eigenvalue weighted by molar-refractivity contribution is 0.355. The van der Waals surface area contributed by atoms with Crippen molar-refractivity contribution in [1.82, 2.24) is 9.55 Å². The Kier molecular flexibility index (Phi) is 3.31. The maximum Gasteiger partial charge on any atom is 0.127 e. The summed E-state index contributed by atoms with van der Waals surface area (Å²) in [4.78, 5) is 4.82. The Hall–Kier alpha value is -0.990. The van der Waals surface area contributed by atoms with E-state index in [4.69, 9.17) is 10.7 Å². The minimum atomic E-state index is 0.660. The Morgan fingerprint density at radius 2 is 1.89 bits per heavy atom. The minimum absolute atomic E-state index is 0.660. The second-order valence-corrected chi connectivity index (χ2v) is 6.02. The second-order valence-electron chi connectivity index (χ2n) is 6.02. The molecule has 0 spiro atoms. The van der Waals surface area contributed by atoms with Gasteiger partial charge in [-0.1, -0.05) is 39.0 Å². The fraction of sp³-hybridized carbons (Fsp3) is 0.800. The predicted octanol–water partition coefficient (Wildman–Crippen LogP) is 3.49. The summed E-state index contributed by atoms with van der Waals surface area (Å²) in [6, 6.07) is 0.660. The highest BCUT2D eigenvalue weighted by molar-refractivity contribution is 5.40. The molecule has 0 unspecified atom stereocenters. The molecule has 2 aliphatic rings. The van der Waals surface area contributed by atoms with Crippen molar-refractivity contribution in [1.29, 1.82) is 0 Å². The third-order valence-electron chi connectivity index (χ3n) is 4.53. The van der Waals surface area contributed by atoms with Crippen molar-refractivity contribution < 1.29 is 0 Å². The summed E-state index contributed by atoms with van der Waals surface area (Å²) in [7, 11) is 0. The summed E-state index contributed by atoms with van der Waals surface area (Å²) >= 11 is 0. The van der Waals surface area contributed by atoms with Crippen molar-refractivity contribution in [2.24, 2.45) is 5.92 Å². The standard InChI is InChI=1S/C15H25N3/c1-2-14-17-13(10-11-6-4-3-5-7-11)15(16)18(14)12-8-9-12/h11-12H,2-10,16H2,1H3. The van der Waals surface area contributed by atoms with Gasteiger partial charge in [-0.3, -0.25) is 0 Å². The maximum absolute atomic E-state index is 6.34. The molecule has 0 radical (unpaired) electrons. The highest BCUT2D eigenvalue weighted by Crippen LogP contribution is 2.39. The number of hydrogen-bond acceptors (Lipinski definition) is 2. The first-order valence-electron chi connectivity index (χ1n) is 7.65. The Morgan fingerprint density at radius 1 is 1.17 bits per heavy atom. The summed E-state index contributed by atoms with van der Waals surface area (Å²) in [5, 5.41) is 0. The average molecular weight is 247 g/mol. The van der Waals surface area contributed by atoms with Gasteiger partial charge < -0.3 is 10.3 Å². The fourth-order valence-electron chi connectivity index (χ4n) is 3.35. The number of nitrogens with zero attached hydrogens (tertiary/aromatic N) is 2. The molecular weight excluding hydrogens is 222 g/mol. The number of anilines is 1. The van der Waals surface area contributed by atoms with Gasteiger partial charge in [-0.15, -0.1) is 0 Å². The van der Waals surface area contributed by atoms with Gasteiger partial charge in [0.05, 0.1) is 5.69 Å². The normalized spacial score (nSPS) is 21.4. The van der Waals surface area contributed by atoms with Crippen LogP contribution in [0.1, 0.15) is 69.4 Å². The van der Waals surface area contributed by atoms with E-state index in [2.05, 4.69) is 11.5 Å². The molecule has 3 heteroatoms. The molecule has 100 valence electrons. The van der Waals surface area contributed by atoms with Crippen LogP contribution in [0.5, 0.6) is 0 Å². The molecule has 0 atom stereocenters. The van der Waals surface area contributed by atoms with E-state index < -0.39 is 0 Å². The van der Waals surface area contributed by atoms with Crippen molar-refractivity contribution >= 4 is 5.82 Å². The van der Waals surface area contributed by atoms with Crippen molar-refractivity contribution in [2.75, 3.05) is 5.73 Å². The van der Waals surface area contributed by atoms with Crippen LogP contribution in [-0.4, -0.2) is 9.55 Å². The van der Waals surface area contributed by atoms with Crippen molar-refractivity contribution in [3.63, 3.8) is 0 Å². The van der Waals surface area contributed by atoms with E-state index in [9.17, 15) is 0 Å².